The summed E-state index contributed by atoms with van der Waals surface area (Å²) in [6.07, 6.45) is 0. The maximum atomic E-state index is 11.5. The summed E-state index contributed by atoms with van der Waals surface area (Å²) in [4.78, 5) is 34.6. The lowest BCUT2D eigenvalue weighted by molar-refractivity contribution is -0.115. The number of halogens is 1. The summed E-state index contributed by atoms with van der Waals surface area (Å²) in [5.41, 5.74) is 0.492. The number of alkyl halides is 1. The van der Waals surface area contributed by atoms with Gasteiger partial charge in [0.15, 0.2) is 0 Å². The number of benzene rings is 1. The Morgan fingerprint density at radius 2 is 1.50 bits per heavy atom. The van der Waals surface area contributed by atoms with Crippen molar-refractivity contribution >= 4 is 35.1 Å². The van der Waals surface area contributed by atoms with Crippen LogP contribution in [0.2, 0.25) is 0 Å². The van der Waals surface area contributed by atoms with Crippen molar-refractivity contribution < 1.29 is 23.9 Å². The van der Waals surface area contributed by atoms with Crippen molar-refractivity contribution in [1.82, 2.24) is 0 Å². The standard InChI is InChI=1S/C13H14ClNO5/c1-7(14)11(16)15-10-5-8(12(17)19-2)4-9(6-10)13(18)20-3/h4-7H,1-3H3,(H,15,16)/t7-/m0/s1. The van der Waals surface area contributed by atoms with Gasteiger partial charge in [-0.15, -0.1) is 11.6 Å². The fourth-order valence-electron chi connectivity index (χ4n) is 1.41. The molecule has 0 saturated heterocycles. The molecule has 0 saturated carbocycles. The Balaban J connectivity index is 3.19. The van der Waals surface area contributed by atoms with E-state index in [4.69, 9.17) is 11.6 Å². The molecule has 0 aliphatic heterocycles. The Labute approximate surface area is 121 Å². The molecule has 0 aliphatic carbocycles. The summed E-state index contributed by atoms with van der Waals surface area (Å²) in [7, 11) is 2.43. The first-order chi connectivity index (χ1) is 9.38. The lowest BCUT2D eigenvalue weighted by atomic mass is 10.1. The van der Waals surface area contributed by atoms with Gasteiger partial charge in [-0.05, 0) is 25.1 Å². The SMILES string of the molecule is COC(=O)c1cc(NC(=O)[C@H](C)Cl)cc(C(=O)OC)c1. The summed E-state index contributed by atoms with van der Waals surface area (Å²) in [5.74, 6) is -1.72. The fourth-order valence-corrected chi connectivity index (χ4v) is 1.47. The number of esters is 2. The second kappa shape index (κ2) is 6.91. The molecule has 0 bridgehead atoms. The zero-order valence-electron chi connectivity index (χ0n) is 11.2. The van der Waals surface area contributed by atoms with Gasteiger partial charge in [-0.2, -0.15) is 0 Å². The zero-order valence-corrected chi connectivity index (χ0v) is 12.0. The molecule has 108 valence electrons. The summed E-state index contributed by atoms with van der Waals surface area (Å²) < 4.78 is 9.16. The molecule has 0 aliphatic rings. The lowest BCUT2D eigenvalue weighted by Crippen LogP contribution is -2.21. The number of hydrogen-bond acceptors (Lipinski definition) is 5. The molecule has 6 nitrogen and oxygen atoms in total. The topological polar surface area (TPSA) is 81.7 Å². The van der Waals surface area contributed by atoms with Gasteiger partial charge in [0.1, 0.15) is 5.38 Å². The number of methoxy groups -OCH3 is 2. The number of hydrogen-bond donors (Lipinski definition) is 1. The highest BCUT2D eigenvalue weighted by atomic mass is 35.5. The van der Waals surface area contributed by atoms with Crippen LogP contribution in [-0.2, 0) is 14.3 Å². The second-order valence-electron chi connectivity index (χ2n) is 3.89. The molecule has 1 N–H and O–H groups in total. The molecule has 1 aromatic carbocycles. The van der Waals surface area contributed by atoms with Crippen LogP contribution in [0.15, 0.2) is 18.2 Å². The highest BCUT2D eigenvalue weighted by molar-refractivity contribution is 6.32. The summed E-state index contributed by atoms with van der Waals surface area (Å²) >= 11 is 5.64. The van der Waals surface area contributed by atoms with Gasteiger partial charge >= 0.3 is 11.9 Å². The number of carbonyl (C=O) groups is 3. The molecule has 7 heteroatoms. The summed E-state index contributed by atoms with van der Waals surface area (Å²) in [6, 6.07) is 4.09. The highest BCUT2D eigenvalue weighted by Crippen LogP contribution is 2.17. The van der Waals surface area contributed by atoms with Gasteiger partial charge in [0.2, 0.25) is 5.91 Å². The predicted molar refractivity (Wildman–Crippen MR) is 73.1 cm³/mol. The number of nitrogens with one attached hydrogen (secondary N) is 1. The first-order valence-corrected chi connectivity index (χ1v) is 6.09. The minimum Gasteiger partial charge on any atom is -0.465 e. The van der Waals surface area contributed by atoms with Crippen LogP contribution in [0.4, 0.5) is 5.69 Å². The Morgan fingerprint density at radius 3 is 1.85 bits per heavy atom. The molecule has 0 unspecified atom stereocenters. The van der Waals surface area contributed by atoms with Crippen molar-refractivity contribution in [3.63, 3.8) is 0 Å². The summed E-state index contributed by atoms with van der Waals surface area (Å²) in [5, 5.41) is 1.74. The first kappa shape index (κ1) is 16.0. The van der Waals surface area contributed by atoms with Gasteiger partial charge in [0, 0.05) is 5.69 Å². The van der Waals surface area contributed by atoms with Crippen molar-refractivity contribution in [3.05, 3.63) is 29.3 Å². The largest absolute Gasteiger partial charge is 0.465 e. The second-order valence-corrected chi connectivity index (χ2v) is 4.54. The molecule has 0 fully saturated rings. The van der Waals surface area contributed by atoms with Crippen molar-refractivity contribution in [2.75, 3.05) is 19.5 Å². The number of amides is 1. The van der Waals surface area contributed by atoms with Crippen molar-refractivity contribution in [2.45, 2.75) is 12.3 Å². The third-order valence-electron chi connectivity index (χ3n) is 2.40. The van der Waals surface area contributed by atoms with E-state index in [-0.39, 0.29) is 16.8 Å². The molecule has 20 heavy (non-hydrogen) atoms. The van der Waals surface area contributed by atoms with Crippen LogP contribution in [0, 0.1) is 0 Å². The monoisotopic (exact) mass is 299 g/mol. The van der Waals surface area contributed by atoms with Crippen LogP contribution in [0.25, 0.3) is 0 Å². The average Bonchev–Trinajstić information content (AvgIpc) is 2.44. The molecule has 1 aromatic rings. The average molecular weight is 300 g/mol. The Morgan fingerprint density at radius 1 is 1.05 bits per heavy atom. The fraction of sp³-hybridized carbons (Fsp3) is 0.308. The summed E-state index contributed by atoms with van der Waals surface area (Å²) in [6.45, 7) is 1.50. The van der Waals surface area contributed by atoms with Crippen LogP contribution >= 0.6 is 11.6 Å². The van der Waals surface area contributed by atoms with Crippen LogP contribution in [0.5, 0.6) is 0 Å². The normalized spacial score (nSPS) is 11.4. The van der Waals surface area contributed by atoms with Gasteiger partial charge in [0.25, 0.3) is 0 Å². The van der Waals surface area contributed by atoms with Crippen LogP contribution in [0.1, 0.15) is 27.6 Å². The molecular formula is C13H14ClNO5. The molecule has 0 aromatic heterocycles. The van der Waals surface area contributed by atoms with E-state index in [9.17, 15) is 14.4 Å². The first-order valence-electron chi connectivity index (χ1n) is 5.65. The van der Waals surface area contributed by atoms with Crippen LogP contribution in [-0.4, -0.2) is 37.4 Å². The Hall–Kier alpha value is -2.08. The molecular weight excluding hydrogens is 286 g/mol. The Bertz CT molecular complexity index is 507. The number of ether oxygens (including phenoxy) is 2. The molecule has 1 atom stereocenters. The molecule has 0 radical (unpaired) electrons. The molecule has 1 amide bonds. The third kappa shape index (κ3) is 3.96. The van der Waals surface area contributed by atoms with E-state index in [2.05, 4.69) is 14.8 Å². The van der Waals surface area contributed by atoms with E-state index < -0.39 is 23.2 Å². The van der Waals surface area contributed by atoms with Crippen molar-refractivity contribution in [2.24, 2.45) is 0 Å². The number of anilines is 1. The minimum atomic E-state index is -0.752. The van der Waals surface area contributed by atoms with E-state index in [1.54, 1.807) is 0 Å². The molecule has 0 spiro atoms. The van der Waals surface area contributed by atoms with E-state index in [0.717, 1.165) is 0 Å². The molecule has 1 rings (SSSR count). The quantitative estimate of drug-likeness (QED) is 0.677. The van der Waals surface area contributed by atoms with Crippen molar-refractivity contribution in [1.29, 1.82) is 0 Å². The van der Waals surface area contributed by atoms with Gasteiger partial charge in [0.05, 0.1) is 25.3 Å². The van der Waals surface area contributed by atoms with Gasteiger partial charge < -0.3 is 14.8 Å². The smallest absolute Gasteiger partial charge is 0.337 e. The van der Waals surface area contributed by atoms with E-state index >= 15 is 0 Å². The van der Waals surface area contributed by atoms with Gasteiger partial charge in [-0.3, -0.25) is 4.79 Å². The number of rotatable bonds is 4. The zero-order chi connectivity index (χ0) is 15.3. The van der Waals surface area contributed by atoms with Crippen LogP contribution < -0.4 is 5.32 Å². The molecule has 0 heterocycles. The van der Waals surface area contributed by atoms with E-state index in [1.165, 1.54) is 39.3 Å². The minimum absolute atomic E-state index is 0.118. The third-order valence-corrected chi connectivity index (χ3v) is 2.60. The highest BCUT2D eigenvalue weighted by Gasteiger charge is 2.16. The Kier molecular flexibility index (Phi) is 5.52. The maximum absolute atomic E-state index is 11.5. The van der Waals surface area contributed by atoms with Crippen LogP contribution in [0.3, 0.4) is 0 Å². The maximum Gasteiger partial charge on any atom is 0.337 e. The predicted octanol–water partition coefficient (Wildman–Crippen LogP) is 1.83. The number of carbonyl (C=O) groups excluding carboxylic acids is 3. The van der Waals surface area contributed by atoms with Gasteiger partial charge in [-0.25, -0.2) is 9.59 Å². The van der Waals surface area contributed by atoms with Gasteiger partial charge in [-0.1, -0.05) is 0 Å². The lowest BCUT2D eigenvalue weighted by Gasteiger charge is -2.10. The van der Waals surface area contributed by atoms with E-state index in [1.807, 2.05) is 0 Å². The van der Waals surface area contributed by atoms with E-state index in [0.29, 0.717) is 0 Å². The van der Waals surface area contributed by atoms with Crippen molar-refractivity contribution in [3.8, 4) is 0 Å².